The third-order valence-electron chi connectivity index (χ3n) is 3.96. The molecule has 0 unspecified atom stereocenters. The number of nitrogens with one attached hydrogen (secondary N) is 1. The Balaban J connectivity index is 1.56. The summed E-state index contributed by atoms with van der Waals surface area (Å²) < 4.78 is 7.69. The predicted molar refractivity (Wildman–Crippen MR) is 85.0 cm³/mol. The van der Waals surface area contributed by atoms with Crippen LogP contribution < -0.4 is 5.32 Å². The summed E-state index contributed by atoms with van der Waals surface area (Å²) in [5, 5.41) is 2.97. The molecule has 6 heteroatoms. The van der Waals surface area contributed by atoms with Gasteiger partial charge in [-0.1, -0.05) is 18.2 Å². The lowest BCUT2D eigenvalue weighted by molar-refractivity contribution is 0.0551. The van der Waals surface area contributed by atoms with Gasteiger partial charge in [0.2, 0.25) is 0 Å². The predicted octanol–water partition coefficient (Wildman–Crippen LogP) is 1.93. The average molecular weight is 308 g/mol. The molecule has 0 fully saturated rings. The van der Waals surface area contributed by atoms with Gasteiger partial charge in [0.15, 0.2) is 5.65 Å². The number of imidazole rings is 1. The van der Waals surface area contributed by atoms with Gasteiger partial charge in [-0.3, -0.25) is 4.79 Å². The van der Waals surface area contributed by atoms with E-state index in [4.69, 9.17) is 4.74 Å². The summed E-state index contributed by atoms with van der Waals surface area (Å²) in [5.41, 5.74) is 2.34. The van der Waals surface area contributed by atoms with E-state index in [1.165, 1.54) is 0 Å². The summed E-state index contributed by atoms with van der Waals surface area (Å²) in [6.45, 7) is 1.48. The monoisotopic (exact) mass is 308 g/mol. The Morgan fingerprint density at radius 1 is 1.26 bits per heavy atom. The molecular weight excluding hydrogens is 292 g/mol. The Bertz CT molecular complexity index is 844. The van der Waals surface area contributed by atoms with Crippen molar-refractivity contribution in [2.24, 2.45) is 0 Å². The minimum absolute atomic E-state index is 0.00804. The molecule has 6 nitrogen and oxygen atoms in total. The molecule has 0 saturated carbocycles. The third-order valence-corrected chi connectivity index (χ3v) is 3.96. The number of aromatic nitrogens is 3. The lowest BCUT2D eigenvalue weighted by Gasteiger charge is -2.25. The van der Waals surface area contributed by atoms with Crippen LogP contribution in [-0.4, -0.2) is 33.6 Å². The van der Waals surface area contributed by atoms with Gasteiger partial charge in [-0.25, -0.2) is 9.97 Å². The number of rotatable bonds is 3. The van der Waals surface area contributed by atoms with Crippen LogP contribution in [0.2, 0.25) is 0 Å². The van der Waals surface area contributed by atoms with Gasteiger partial charge in [-0.2, -0.15) is 0 Å². The second kappa shape index (κ2) is 5.81. The van der Waals surface area contributed by atoms with Gasteiger partial charge in [0, 0.05) is 18.3 Å². The molecule has 0 aliphatic carbocycles. The molecule has 1 atom stereocenters. The first-order valence-electron chi connectivity index (χ1n) is 7.56. The molecule has 0 bridgehead atoms. The number of amides is 1. The Hall–Kier alpha value is -2.73. The van der Waals surface area contributed by atoms with Crippen LogP contribution in [0.25, 0.3) is 11.2 Å². The zero-order valence-corrected chi connectivity index (χ0v) is 12.5. The molecule has 0 spiro atoms. The highest BCUT2D eigenvalue weighted by Gasteiger charge is 2.25. The SMILES string of the molecule is O=C(NC[C@H]1COCc2nc3cccnc3n21)c1ccccc1. The van der Waals surface area contributed by atoms with Crippen LogP contribution in [0.15, 0.2) is 48.7 Å². The van der Waals surface area contributed by atoms with E-state index in [1.54, 1.807) is 18.3 Å². The van der Waals surface area contributed by atoms with Crippen molar-refractivity contribution in [3.8, 4) is 0 Å². The van der Waals surface area contributed by atoms with Crippen molar-refractivity contribution in [2.75, 3.05) is 13.2 Å². The van der Waals surface area contributed by atoms with E-state index in [9.17, 15) is 4.79 Å². The van der Waals surface area contributed by atoms with Crippen LogP contribution in [0, 0.1) is 0 Å². The highest BCUT2D eigenvalue weighted by Crippen LogP contribution is 2.24. The highest BCUT2D eigenvalue weighted by atomic mass is 16.5. The molecule has 1 aliphatic rings. The highest BCUT2D eigenvalue weighted by molar-refractivity contribution is 5.94. The van der Waals surface area contributed by atoms with Gasteiger partial charge in [-0.15, -0.1) is 0 Å². The quantitative estimate of drug-likeness (QED) is 0.803. The van der Waals surface area contributed by atoms with E-state index in [0.29, 0.717) is 25.3 Å². The molecule has 1 aromatic carbocycles. The van der Waals surface area contributed by atoms with E-state index >= 15 is 0 Å². The van der Waals surface area contributed by atoms with Crippen molar-refractivity contribution in [3.63, 3.8) is 0 Å². The van der Waals surface area contributed by atoms with E-state index in [2.05, 4.69) is 19.9 Å². The van der Waals surface area contributed by atoms with E-state index < -0.39 is 0 Å². The smallest absolute Gasteiger partial charge is 0.251 e. The average Bonchev–Trinajstić information content (AvgIpc) is 2.99. The number of carbonyl (C=O) groups excluding carboxylic acids is 1. The lowest BCUT2D eigenvalue weighted by atomic mass is 10.2. The second-order valence-electron chi connectivity index (χ2n) is 5.49. The molecule has 0 radical (unpaired) electrons. The molecule has 3 aromatic rings. The number of benzene rings is 1. The maximum Gasteiger partial charge on any atom is 0.251 e. The van der Waals surface area contributed by atoms with Crippen LogP contribution in [0.3, 0.4) is 0 Å². The lowest BCUT2D eigenvalue weighted by Crippen LogP contribution is -2.35. The minimum atomic E-state index is -0.0879. The van der Waals surface area contributed by atoms with Gasteiger partial charge in [0.1, 0.15) is 17.9 Å². The van der Waals surface area contributed by atoms with Crippen LogP contribution in [0.1, 0.15) is 22.2 Å². The number of ether oxygens (including phenoxy) is 1. The number of carbonyl (C=O) groups is 1. The molecule has 116 valence electrons. The zero-order valence-electron chi connectivity index (χ0n) is 12.5. The van der Waals surface area contributed by atoms with E-state index in [0.717, 1.165) is 17.0 Å². The number of nitrogens with zero attached hydrogens (tertiary/aromatic N) is 3. The molecule has 1 N–H and O–H groups in total. The van der Waals surface area contributed by atoms with Crippen LogP contribution in [0.4, 0.5) is 0 Å². The molecule has 3 heterocycles. The first-order chi connectivity index (χ1) is 11.3. The molecule has 1 aliphatic heterocycles. The summed E-state index contributed by atoms with van der Waals surface area (Å²) in [5.74, 6) is 0.763. The van der Waals surface area contributed by atoms with Crippen LogP contribution in [0.5, 0.6) is 0 Å². The maximum absolute atomic E-state index is 12.2. The molecular formula is C17H16N4O2. The van der Waals surface area contributed by atoms with Gasteiger partial charge < -0.3 is 14.6 Å². The Labute approximate surface area is 133 Å². The maximum atomic E-state index is 12.2. The van der Waals surface area contributed by atoms with Crippen LogP contribution in [-0.2, 0) is 11.3 Å². The standard InChI is InChI=1S/C17H16N4O2/c22-17(12-5-2-1-3-6-12)19-9-13-10-23-11-15-20-14-7-4-8-18-16(14)21(13)15/h1-8,13H,9-11H2,(H,19,22)/t13-/m0/s1. The summed E-state index contributed by atoms with van der Waals surface area (Å²) in [4.78, 5) is 21.2. The second-order valence-corrected chi connectivity index (χ2v) is 5.49. The van der Waals surface area contributed by atoms with Gasteiger partial charge >= 0.3 is 0 Å². The fraction of sp³-hybridized carbons (Fsp3) is 0.235. The van der Waals surface area contributed by atoms with E-state index in [-0.39, 0.29) is 11.9 Å². The Kier molecular flexibility index (Phi) is 3.51. The van der Waals surface area contributed by atoms with Crippen molar-refractivity contribution in [1.29, 1.82) is 0 Å². The normalized spacial score (nSPS) is 17.0. The van der Waals surface area contributed by atoms with Crippen molar-refractivity contribution in [3.05, 3.63) is 60.0 Å². The largest absolute Gasteiger partial charge is 0.371 e. The number of fused-ring (bicyclic) bond motifs is 3. The summed E-state index contributed by atoms with van der Waals surface area (Å²) >= 11 is 0. The first-order valence-corrected chi connectivity index (χ1v) is 7.56. The van der Waals surface area contributed by atoms with Crippen LogP contribution >= 0.6 is 0 Å². The molecule has 2 aromatic heterocycles. The van der Waals surface area contributed by atoms with Crippen molar-refractivity contribution < 1.29 is 9.53 Å². The Morgan fingerprint density at radius 3 is 3.00 bits per heavy atom. The fourth-order valence-electron chi connectivity index (χ4n) is 2.88. The van der Waals surface area contributed by atoms with Gasteiger partial charge in [0.25, 0.3) is 5.91 Å². The van der Waals surface area contributed by atoms with Crippen molar-refractivity contribution in [2.45, 2.75) is 12.6 Å². The number of hydrogen-bond donors (Lipinski definition) is 1. The number of hydrogen-bond acceptors (Lipinski definition) is 4. The first kappa shape index (κ1) is 13.9. The fourth-order valence-corrected chi connectivity index (χ4v) is 2.88. The summed E-state index contributed by atoms with van der Waals surface area (Å²) in [6.07, 6.45) is 1.76. The molecule has 0 saturated heterocycles. The van der Waals surface area contributed by atoms with E-state index in [1.807, 2.05) is 30.3 Å². The summed E-state index contributed by atoms with van der Waals surface area (Å²) in [7, 11) is 0. The van der Waals surface area contributed by atoms with Gasteiger partial charge in [-0.05, 0) is 24.3 Å². The zero-order chi connectivity index (χ0) is 15.6. The minimum Gasteiger partial charge on any atom is -0.371 e. The molecule has 1 amide bonds. The topological polar surface area (TPSA) is 69.0 Å². The Morgan fingerprint density at radius 2 is 2.13 bits per heavy atom. The third kappa shape index (κ3) is 2.57. The van der Waals surface area contributed by atoms with Crippen molar-refractivity contribution in [1.82, 2.24) is 19.9 Å². The summed E-state index contributed by atoms with van der Waals surface area (Å²) in [6, 6.07) is 13.0. The van der Waals surface area contributed by atoms with Crippen molar-refractivity contribution >= 4 is 17.1 Å². The molecule has 4 rings (SSSR count). The van der Waals surface area contributed by atoms with Gasteiger partial charge in [0.05, 0.1) is 12.6 Å². The number of pyridine rings is 1. The molecule has 23 heavy (non-hydrogen) atoms.